The number of carbonyl (C=O) groups is 1. The number of Topliss-reactive ketones (excluding diaryl/α,β-unsaturated/α-hetero) is 1. The van der Waals surface area contributed by atoms with Crippen LogP contribution in [0.25, 0.3) is 5.57 Å². The van der Waals surface area contributed by atoms with Crippen molar-refractivity contribution in [1.82, 2.24) is 0 Å². The Labute approximate surface area is 159 Å². The van der Waals surface area contributed by atoms with Gasteiger partial charge in [-0.1, -0.05) is 42.5 Å². The average Bonchev–Trinajstić information content (AvgIpc) is 2.72. The number of fused-ring (bicyclic) bond motifs is 1. The van der Waals surface area contributed by atoms with E-state index < -0.39 is 12.0 Å². The number of hydrogen-bond donors (Lipinski definition) is 1. The standard InChI is InChI=1S/C23H23N2O2/c1-3-25-14-13-16(18-11-7-8-12-20(18)25)15-19-22(26)21(23(19)27)24(2)17-9-5-4-6-10-17/h4-15,19,22,26H,3H2,1-2H3/q+1. The topological polar surface area (TPSA) is 43.5 Å². The van der Waals surface area contributed by atoms with Gasteiger partial charge in [0.15, 0.2) is 6.10 Å². The predicted octanol–water partition coefficient (Wildman–Crippen LogP) is 3.40. The van der Waals surface area contributed by atoms with Crippen molar-refractivity contribution in [1.29, 1.82) is 0 Å². The lowest BCUT2D eigenvalue weighted by Gasteiger charge is -2.30. The highest BCUT2D eigenvalue weighted by Crippen LogP contribution is 2.35. The molecule has 1 N–H and O–H groups in total. The predicted molar refractivity (Wildman–Crippen MR) is 108 cm³/mol. The summed E-state index contributed by atoms with van der Waals surface area (Å²) in [6, 6.07) is 17.8. The van der Waals surface area contributed by atoms with E-state index in [0.717, 1.165) is 29.1 Å². The molecule has 1 aliphatic carbocycles. The molecule has 1 saturated carbocycles. The average molecular weight is 359 g/mol. The first kappa shape index (κ1) is 17.4. The molecule has 4 heteroatoms. The SMILES string of the molecule is CCN1C=CC(=CC2C(=O)C(=[N+](C)c3ccccc3)C2O)c2ccccc21. The number of allylic oxidation sites excluding steroid dienone is 2. The van der Waals surface area contributed by atoms with E-state index in [1.807, 2.05) is 67.9 Å². The zero-order valence-electron chi connectivity index (χ0n) is 15.5. The fraction of sp³-hybridized carbons (Fsp3) is 0.217. The van der Waals surface area contributed by atoms with Crippen molar-refractivity contribution >= 4 is 28.4 Å². The van der Waals surface area contributed by atoms with Crippen LogP contribution in [0.5, 0.6) is 0 Å². The van der Waals surface area contributed by atoms with Gasteiger partial charge >= 0.3 is 0 Å². The second-order valence-electron chi connectivity index (χ2n) is 6.86. The molecule has 0 amide bonds. The first-order valence-corrected chi connectivity index (χ1v) is 9.25. The van der Waals surface area contributed by atoms with Crippen molar-refractivity contribution in [2.24, 2.45) is 5.92 Å². The first-order chi connectivity index (χ1) is 13.1. The van der Waals surface area contributed by atoms with Gasteiger partial charge < -0.3 is 10.0 Å². The maximum absolute atomic E-state index is 12.8. The lowest BCUT2D eigenvalue weighted by atomic mass is 9.76. The number of aliphatic hydroxyl groups is 1. The fourth-order valence-electron chi connectivity index (χ4n) is 3.78. The molecule has 0 bridgehead atoms. The van der Waals surface area contributed by atoms with Gasteiger partial charge in [-0.05, 0) is 24.6 Å². The van der Waals surface area contributed by atoms with Crippen LogP contribution in [0.4, 0.5) is 11.4 Å². The summed E-state index contributed by atoms with van der Waals surface area (Å²) in [6.07, 6.45) is 5.16. The fourth-order valence-corrected chi connectivity index (χ4v) is 3.78. The summed E-state index contributed by atoms with van der Waals surface area (Å²) in [5.41, 5.74) is 4.54. The van der Waals surface area contributed by atoms with E-state index in [1.165, 1.54) is 0 Å². The maximum atomic E-state index is 12.8. The van der Waals surface area contributed by atoms with Crippen molar-refractivity contribution in [3.8, 4) is 0 Å². The minimum Gasteiger partial charge on any atom is -0.381 e. The molecule has 1 aliphatic heterocycles. The summed E-state index contributed by atoms with van der Waals surface area (Å²) >= 11 is 0. The Bertz CT molecular complexity index is 973. The molecule has 1 fully saturated rings. The zero-order chi connectivity index (χ0) is 19.0. The Hall–Kier alpha value is -2.98. The molecule has 1 heterocycles. The third-order valence-electron chi connectivity index (χ3n) is 5.34. The van der Waals surface area contributed by atoms with E-state index >= 15 is 0 Å². The summed E-state index contributed by atoms with van der Waals surface area (Å²) in [4.78, 5) is 14.9. The van der Waals surface area contributed by atoms with Crippen molar-refractivity contribution < 1.29 is 14.5 Å². The monoisotopic (exact) mass is 359 g/mol. The quantitative estimate of drug-likeness (QED) is 0.855. The third-order valence-corrected chi connectivity index (χ3v) is 5.34. The van der Waals surface area contributed by atoms with Crippen LogP contribution in [-0.4, -0.2) is 40.9 Å². The van der Waals surface area contributed by atoms with Crippen molar-refractivity contribution in [3.05, 3.63) is 78.5 Å². The van der Waals surface area contributed by atoms with Crippen LogP contribution in [0.3, 0.4) is 0 Å². The molecule has 4 nitrogen and oxygen atoms in total. The molecule has 136 valence electrons. The lowest BCUT2D eigenvalue weighted by molar-refractivity contribution is -0.410. The molecule has 2 unspecified atom stereocenters. The summed E-state index contributed by atoms with van der Waals surface area (Å²) in [6.45, 7) is 2.99. The number of benzene rings is 2. The van der Waals surface area contributed by atoms with Crippen LogP contribution < -0.4 is 4.90 Å². The van der Waals surface area contributed by atoms with Gasteiger partial charge in [-0.15, -0.1) is 0 Å². The van der Waals surface area contributed by atoms with Gasteiger partial charge in [0, 0.05) is 36.1 Å². The van der Waals surface area contributed by atoms with Crippen molar-refractivity contribution in [2.45, 2.75) is 13.0 Å². The first-order valence-electron chi connectivity index (χ1n) is 9.25. The molecule has 2 aromatic carbocycles. The normalized spacial score (nSPS) is 24.6. The van der Waals surface area contributed by atoms with Crippen LogP contribution in [0, 0.1) is 5.92 Å². The minimum atomic E-state index is -0.792. The van der Waals surface area contributed by atoms with Gasteiger partial charge in [-0.3, -0.25) is 4.79 Å². The number of hydrogen-bond acceptors (Lipinski definition) is 3. The van der Waals surface area contributed by atoms with E-state index in [4.69, 9.17) is 0 Å². The van der Waals surface area contributed by atoms with Crippen LogP contribution in [-0.2, 0) is 4.79 Å². The van der Waals surface area contributed by atoms with Crippen LogP contribution in [0.15, 0.2) is 72.9 Å². The Morgan fingerprint density at radius 3 is 2.52 bits per heavy atom. The van der Waals surface area contributed by atoms with Crippen molar-refractivity contribution in [2.75, 3.05) is 18.5 Å². The van der Waals surface area contributed by atoms with E-state index in [1.54, 1.807) is 4.58 Å². The summed E-state index contributed by atoms with van der Waals surface area (Å²) in [5, 5.41) is 10.7. The Morgan fingerprint density at radius 1 is 1.11 bits per heavy atom. The van der Waals surface area contributed by atoms with Crippen LogP contribution >= 0.6 is 0 Å². The highest BCUT2D eigenvalue weighted by Gasteiger charge is 2.51. The Balaban J connectivity index is 1.66. The third kappa shape index (κ3) is 2.92. The number of aliphatic hydroxyl groups excluding tert-OH is 1. The maximum Gasteiger partial charge on any atom is 0.255 e. The lowest BCUT2D eigenvalue weighted by Crippen LogP contribution is -2.55. The molecule has 0 aromatic heterocycles. The molecule has 2 aliphatic rings. The summed E-state index contributed by atoms with van der Waals surface area (Å²) in [7, 11) is 1.82. The Kier molecular flexibility index (Phi) is 4.50. The molecule has 2 aromatic rings. The van der Waals surface area contributed by atoms with E-state index in [0.29, 0.717) is 5.71 Å². The highest BCUT2D eigenvalue weighted by atomic mass is 16.3. The van der Waals surface area contributed by atoms with Crippen LogP contribution in [0.2, 0.25) is 0 Å². The molecular formula is C23H23N2O2+. The Morgan fingerprint density at radius 2 is 1.81 bits per heavy atom. The van der Waals surface area contributed by atoms with Gasteiger partial charge in [-0.2, -0.15) is 4.58 Å². The molecule has 0 radical (unpaired) electrons. The number of ketones is 1. The second kappa shape index (κ2) is 6.97. The largest absolute Gasteiger partial charge is 0.381 e. The van der Waals surface area contributed by atoms with E-state index in [-0.39, 0.29) is 5.78 Å². The number of para-hydroxylation sites is 2. The zero-order valence-corrected chi connectivity index (χ0v) is 15.5. The highest BCUT2D eigenvalue weighted by molar-refractivity contribution is 6.48. The van der Waals surface area contributed by atoms with Crippen molar-refractivity contribution in [3.63, 3.8) is 0 Å². The number of carbonyl (C=O) groups excluding carboxylic acids is 1. The summed E-state index contributed by atoms with van der Waals surface area (Å²) < 4.78 is 1.78. The molecule has 4 rings (SSSR count). The van der Waals surface area contributed by atoms with Gasteiger partial charge in [0.1, 0.15) is 7.05 Å². The van der Waals surface area contributed by atoms with Gasteiger partial charge in [0.2, 0.25) is 11.5 Å². The summed E-state index contributed by atoms with van der Waals surface area (Å²) in [5.74, 6) is -0.530. The molecular weight excluding hydrogens is 336 g/mol. The minimum absolute atomic E-state index is 0.0230. The van der Waals surface area contributed by atoms with Crippen LogP contribution in [0.1, 0.15) is 12.5 Å². The number of anilines is 1. The van der Waals surface area contributed by atoms with E-state index in [2.05, 4.69) is 24.0 Å². The molecule has 0 saturated heterocycles. The van der Waals surface area contributed by atoms with E-state index in [9.17, 15) is 9.90 Å². The number of rotatable bonds is 3. The van der Waals surface area contributed by atoms with Gasteiger partial charge in [0.25, 0.3) is 5.71 Å². The number of nitrogens with zero attached hydrogens (tertiary/aromatic N) is 2. The molecule has 0 spiro atoms. The van der Waals surface area contributed by atoms with Gasteiger partial charge in [-0.25, -0.2) is 0 Å². The smallest absolute Gasteiger partial charge is 0.255 e. The van der Waals surface area contributed by atoms with Gasteiger partial charge in [0.05, 0.1) is 5.92 Å². The molecule has 27 heavy (non-hydrogen) atoms. The molecule has 2 atom stereocenters. The second-order valence-corrected chi connectivity index (χ2v) is 6.86.